The average Bonchev–Trinajstić information content (AvgIpc) is 3.44. The van der Waals surface area contributed by atoms with E-state index in [0.717, 1.165) is 96.3 Å². The molecule has 0 spiro atoms. The van der Waals surface area contributed by atoms with Gasteiger partial charge in [-0.3, -0.25) is 14.4 Å². The van der Waals surface area contributed by atoms with Crippen LogP contribution in [0.4, 0.5) is 0 Å². The lowest BCUT2D eigenvalue weighted by atomic mass is 10.0. The van der Waals surface area contributed by atoms with Gasteiger partial charge in [-0.15, -0.1) is 0 Å². The largest absolute Gasteiger partial charge is 0.462 e. The van der Waals surface area contributed by atoms with Gasteiger partial charge in [0, 0.05) is 19.3 Å². The number of unbranched alkanes of at least 4 members (excludes halogenated alkanes) is 45. The van der Waals surface area contributed by atoms with Gasteiger partial charge in [-0.1, -0.05) is 345 Å². The molecular formula is C72H132O6. The van der Waals surface area contributed by atoms with Gasteiger partial charge < -0.3 is 14.2 Å². The zero-order valence-electron chi connectivity index (χ0n) is 52.5. The zero-order chi connectivity index (χ0) is 56.4. The summed E-state index contributed by atoms with van der Waals surface area (Å²) in [5.74, 6) is -0.870. The second kappa shape index (κ2) is 66.9. The van der Waals surface area contributed by atoms with E-state index >= 15 is 0 Å². The number of ether oxygens (including phenoxy) is 3. The van der Waals surface area contributed by atoms with E-state index in [1.807, 2.05) is 0 Å². The summed E-state index contributed by atoms with van der Waals surface area (Å²) in [5.41, 5.74) is 0. The standard InChI is InChI=1S/C72H132O6/c1-4-7-10-13-16-19-21-23-25-27-29-30-31-32-33-34-35-36-37-38-39-40-41-43-44-46-48-50-53-56-59-62-65-71(74)77-68-69(67-76-70(73)64-61-58-55-52-18-15-12-9-6-3)78-72(75)66-63-60-57-54-51-49-47-45-42-28-26-24-22-20-17-14-11-8-5-2/h8,11,17,20,24,26,42,45,69H,4-7,9-10,12-16,18-19,21-23,25,27-41,43-44,46-68H2,1-3H3/b11-8-,20-17-,26-24-,45-42-. The minimum absolute atomic E-state index is 0.0746. The van der Waals surface area contributed by atoms with Gasteiger partial charge in [0.15, 0.2) is 6.10 Å². The summed E-state index contributed by atoms with van der Waals surface area (Å²) in [6.45, 7) is 6.55. The van der Waals surface area contributed by atoms with E-state index in [0.29, 0.717) is 19.3 Å². The molecule has 0 saturated heterocycles. The van der Waals surface area contributed by atoms with Crippen molar-refractivity contribution in [2.24, 2.45) is 0 Å². The molecule has 0 aromatic rings. The maximum Gasteiger partial charge on any atom is 0.306 e. The lowest BCUT2D eigenvalue weighted by molar-refractivity contribution is -0.167. The number of rotatable bonds is 64. The third-order valence-electron chi connectivity index (χ3n) is 15.6. The molecule has 0 aliphatic heterocycles. The van der Waals surface area contributed by atoms with Gasteiger partial charge >= 0.3 is 17.9 Å². The normalized spacial score (nSPS) is 12.3. The topological polar surface area (TPSA) is 78.9 Å². The van der Waals surface area contributed by atoms with E-state index in [-0.39, 0.29) is 31.1 Å². The predicted molar refractivity (Wildman–Crippen MR) is 339 cm³/mol. The van der Waals surface area contributed by atoms with Crippen LogP contribution in [0.2, 0.25) is 0 Å². The van der Waals surface area contributed by atoms with E-state index in [1.165, 1.54) is 238 Å². The summed E-state index contributed by atoms with van der Waals surface area (Å²) < 4.78 is 16.9. The Morgan fingerprint density at radius 1 is 0.269 bits per heavy atom. The molecule has 0 aromatic carbocycles. The third kappa shape index (κ3) is 64.2. The van der Waals surface area contributed by atoms with Gasteiger partial charge in [0.05, 0.1) is 0 Å². The van der Waals surface area contributed by atoms with Crippen LogP contribution < -0.4 is 0 Å². The van der Waals surface area contributed by atoms with Gasteiger partial charge in [-0.2, -0.15) is 0 Å². The Hall–Kier alpha value is -2.63. The van der Waals surface area contributed by atoms with Crippen LogP contribution in [0.15, 0.2) is 48.6 Å². The van der Waals surface area contributed by atoms with E-state index in [2.05, 4.69) is 69.4 Å². The Morgan fingerprint density at radius 3 is 0.782 bits per heavy atom. The maximum absolute atomic E-state index is 12.9. The molecule has 0 heterocycles. The van der Waals surface area contributed by atoms with Crippen LogP contribution in [0.1, 0.15) is 374 Å². The fourth-order valence-electron chi connectivity index (χ4n) is 10.4. The molecule has 0 fully saturated rings. The number of esters is 3. The SMILES string of the molecule is CC/C=C\C/C=C\C/C=C\C/C=C\CCCCCCCCC(=O)OC(COC(=O)CCCCCCCCCCC)COC(=O)CCCCCCCCCCCCCCCCCCCCCCCCCCCCCCCCCC. The van der Waals surface area contributed by atoms with Crippen molar-refractivity contribution in [1.29, 1.82) is 0 Å². The van der Waals surface area contributed by atoms with E-state index in [9.17, 15) is 14.4 Å². The smallest absolute Gasteiger partial charge is 0.306 e. The Bertz CT molecular complexity index is 1350. The van der Waals surface area contributed by atoms with Crippen molar-refractivity contribution in [3.8, 4) is 0 Å². The molecule has 0 N–H and O–H groups in total. The van der Waals surface area contributed by atoms with Gasteiger partial charge in [0.25, 0.3) is 0 Å². The molecule has 6 heteroatoms. The van der Waals surface area contributed by atoms with Crippen molar-refractivity contribution < 1.29 is 28.6 Å². The summed E-state index contributed by atoms with van der Waals surface area (Å²) in [5, 5.41) is 0. The second-order valence-electron chi connectivity index (χ2n) is 23.4. The molecule has 0 radical (unpaired) electrons. The van der Waals surface area contributed by atoms with E-state index < -0.39 is 6.10 Å². The first kappa shape index (κ1) is 75.4. The highest BCUT2D eigenvalue weighted by Gasteiger charge is 2.19. The van der Waals surface area contributed by atoms with Crippen molar-refractivity contribution in [3.63, 3.8) is 0 Å². The molecule has 0 aliphatic carbocycles. The highest BCUT2D eigenvalue weighted by atomic mass is 16.6. The van der Waals surface area contributed by atoms with E-state index in [1.54, 1.807) is 0 Å². The van der Waals surface area contributed by atoms with E-state index in [4.69, 9.17) is 14.2 Å². The van der Waals surface area contributed by atoms with Crippen molar-refractivity contribution in [3.05, 3.63) is 48.6 Å². The number of allylic oxidation sites excluding steroid dienone is 8. The molecule has 0 amide bonds. The second-order valence-corrected chi connectivity index (χ2v) is 23.4. The number of carbonyl (C=O) groups excluding carboxylic acids is 3. The van der Waals surface area contributed by atoms with Crippen molar-refractivity contribution in [1.82, 2.24) is 0 Å². The van der Waals surface area contributed by atoms with Crippen LogP contribution in [0.5, 0.6) is 0 Å². The van der Waals surface area contributed by atoms with Crippen molar-refractivity contribution in [2.75, 3.05) is 13.2 Å². The molecule has 78 heavy (non-hydrogen) atoms. The lowest BCUT2D eigenvalue weighted by Crippen LogP contribution is -2.30. The molecule has 0 aliphatic rings. The molecule has 6 nitrogen and oxygen atoms in total. The Kier molecular flexibility index (Phi) is 64.6. The molecule has 0 saturated carbocycles. The first-order valence-corrected chi connectivity index (χ1v) is 34.6. The van der Waals surface area contributed by atoms with Crippen LogP contribution in [0, 0.1) is 0 Å². The Balaban J connectivity index is 4.05. The van der Waals surface area contributed by atoms with Crippen molar-refractivity contribution >= 4 is 17.9 Å². The van der Waals surface area contributed by atoms with Gasteiger partial charge in [0.2, 0.25) is 0 Å². The van der Waals surface area contributed by atoms with Crippen LogP contribution >= 0.6 is 0 Å². The van der Waals surface area contributed by atoms with Crippen molar-refractivity contribution in [2.45, 2.75) is 380 Å². The van der Waals surface area contributed by atoms with Crippen LogP contribution in [0.25, 0.3) is 0 Å². The molecule has 0 rings (SSSR count). The molecule has 0 aromatic heterocycles. The van der Waals surface area contributed by atoms with Gasteiger partial charge in [-0.05, 0) is 57.8 Å². The summed E-state index contributed by atoms with van der Waals surface area (Å²) in [6.07, 6.45) is 84.5. The fraction of sp³-hybridized carbons (Fsp3) is 0.847. The third-order valence-corrected chi connectivity index (χ3v) is 15.6. The van der Waals surface area contributed by atoms with Gasteiger partial charge in [-0.25, -0.2) is 0 Å². The van der Waals surface area contributed by atoms with Crippen LogP contribution in [-0.2, 0) is 28.6 Å². The lowest BCUT2D eigenvalue weighted by Gasteiger charge is -2.18. The molecule has 456 valence electrons. The van der Waals surface area contributed by atoms with Crippen LogP contribution in [-0.4, -0.2) is 37.2 Å². The average molecular weight is 1090 g/mol. The predicted octanol–water partition coefficient (Wildman–Crippen LogP) is 23.7. The highest BCUT2D eigenvalue weighted by Crippen LogP contribution is 2.19. The summed E-state index contributed by atoms with van der Waals surface area (Å²) in [7, 11) is 0. The summed E-state index contributed by atoms with van der Waals surface area (Å²) in [4.78, 5) is 38.2. The highest BCUT2D eigenvalue weighted by molar-refractivity contribution is 5.71. The Labute approximate surface area is 486 Å². The number of hydrogen-bond donors (Lipinski definition) is 0. The molecule has 0 bridgehead atoms. The molecule has 1 atom stereocenters. The maximum atomic E-state index is 12.9. The fourth-order valence-corrected chi connectivity index (χ4v) is 10.4. The minimum Gasteiger partial charge on any atom is -0.462 e. The minimum atomic E-state index is -0.778. The van der Waals surface area contributed by atoms with Crippen LogP contribution in [0.3, 0.4) is 0 Å². The zero-order valence-corrected chi connectivity index (χ0v) is 52.5. The Morgan fingerprint density at radius 2 is 0.500 bits per heavy atom. The summed E-state index contributed by atoms with van der Waals surface area (Å²) in [6, 6.07) is 0. The number of hydrogen-bond acceptors (Lipinski definition) is 6. The molecule has 1 unspecified atom stereocenters. The molecular weight excluding hydrogens is 961 g/mol. The first-order valence-electron chi connectivity index (χ1n) is 34.6. The first-order chi connectivity index (χ1) is 38.5. The monoisotopic (exact) mass is 1090 g/mol. The van der Waals surface area contributed by atoms with Gasteiger partial charge in [0.1, 0.15) is 13.2 Å². The quantitative estimate of drug-likeness (QED) is 0.0261. The summed E-state index contributed by atoms with van der Waals surface area (Å²) >= 11 is 0. The number of carbonyl (C=O) groups is 3.